The molecule has 0 saturated heterocycles. The van der Waals surface area contributed by atoms with Gasteiger partial charge < -0.3 is 20.1 Å². The predicted octanol–water partition coefficient (Wildman–Crippen LogP) is 18.8. The normalized spacial score (nSPS) is 13.3. The van der Waals surface area contributed by atoms with E-state index in [1.54, 1.807) is 0 Å². The number of esters is 2. The van der Waals surface area contributed by atoms with Gasteiger partial charge in [-0.15, -0.1) is 0 Å². The van der Waals surface area contributed by atoms with Crippen molar-refractivity contribution in [1.29, 1.82) is 0 Å². The minimum absolute atomic E-state index is 0.0519. The quantitative estimate of drug-likeness (QED) is 0.0264. The molecule has 0 aliphatic rings. The molecule has 0 aliphatic heterocycles. The summed E-state index contributed by atoms with van der Waals surface area (Å²) in [5.41, 5.74) is 5.38. The number of phosphoric ester groups is 1. The summed E-state index contributed by atoms with van der Waals surface area (Å²) in [6, 6.07) is 0. The second-order valence-corrected chi connectivity index (χ2v) is 21.7. The lowest BCUT2D eigenvalue weighted by molar-refractivity contribution is -0.161. The maximum Gasteiger partial charge on any atom is 0.472 e. The number of allylic oxidation sites excluding steroid dienone is 6. The summed E-state index contributed by atoms with van der Waals surface area (Å²) >= 11 is 0. The van der Waals surface area contributed by atoms with E-state index < -0.39 is 26.5 Å². The molecule has 2 atom stereocenters. The lowest BCUT2D eigenvalue weighted by Crippen LogP contribution is -2.29. The molecule has 70 heavy (non-hydrogen) atoms. The molecular formula is C60H114NO8P. The zero-order valence-electron chi connectivity index (χ0n) is 46.0. The highest BCUT2D eigenvalue weighted by Gasteiger charge is 2.26. The topological polar surface area (TPSA) is 134 Å². The van der Waals surface area contributed by atoms with Gasteiger partial charge in [-0.2, -0.15) is 0 Å². The zero-order chi connectivity index (χ0) is 51.0. The van der Waals surface area contributed by atoms with E-state index in [1.165, 1.54) is 199 Å². The Morgan fingerprint density at radius 1 is 0.429 bits per heavy atom. The SMILES string of the molecule is CCCCCCC/C=C\C/C=C\C/C=C\CCCCCCCCC(=O)OC(COC(=O)CCCCCCCCCCCCCCCCCCCCCCCCCCCCCC)COP(=O)(O)OCCN. The van der Waals surface area contributed by atoms with Gasteiger partial charge in [-0.1, -0.05) is 275 Å². The van der Waals surface area contributed by atoms with Crippen LogP contribution in [0.2, 0.25) is 0 Å². The fraction of sp³-hybridized carbons (Fsp3) is 0.867. The molecule has 0 saturated carbocycles. The van der Waals surface area contributed by atoms with Gasteiger partial charge in [0.25, 0.3) is 0 Å². The first-order valence-corrected chi connectivity index (χ1v) is 31.5. The first-order valence-electron chi connectivity index (χ1n) is 30.0. The van der Waals surface area contributed by atoms with E-state index in [0.29, 0.717) is 6.42 Å². The van der Waals surface area contributed by atoms with E-state index in [1.807, 2.05) is 0 Å². The van der Waals surface area contributed by atoms with Gasteiger partial charge in [0.05, 0.1) is 13.2 Å². The Morgan fingerprint density at radius 2 is 0.743 bits per heavy atom. The molecule has 0 fully saturated rings. The summed E-state index contributed by atoms with van der Waals surface area (Å²) in [6.07, 6.45) is 67.8. The van der Waals surface area contributed by atoms with Crippen LogP contribution in [-0.4, -0.2) is 49.3 Å². The Balaban J connectivity index is 3.92. The molecule has 0 bridgehead atoms. The Morgan fingerprint density at radius 3 is 1.10 bits per heavy atom. The van der Waals surface area contributed by atoms with Gasteiger partial charge in [0.15, 0.2) is 6.10 Å². The lowest BCUT2D eigenvalue weighted by Gasteiger charge is -2.19. The number of carbonyl (C=O) groups excluding carboxylic acids is 2. The summed E-state index contributed by atoms with van der Waals surface area (Å²) < 4.78 is 33.0. The predicted molar refractivity (Wildman–Crippen MR) is 298 cm³/mol. The second kappa shape index (κ2) is 56.5. The van der Waals surface area contributed by atoms with Crippen LogP contribution < -0.4 is 5.73 Å². The van der Waals surface area contributed by atoms with Crippen LogP contribution in [0.5, 0.6) is 0 Å². The van der Waals surface area contributed by atoms with Gasteiger partial charge in [-0.25, -0.2) is 4.57 Å². The van der Waals surface area contributed by atoms with Crippen molar-refractivity contribution >= 4 is 19.8 Å². The fourth-order valence-corrected chi connectivity index (χ4v) is 9.59. The van der Waals surface area contributed by atoms with Gasteiger partial charge in [0, 0.05) is 19.4 Å². The summed E-state index contributed by atoms with van der Waals surface area (Å²) in [5.74, 6) is -0.828. The minimum Gasteiger partial charge on any atom is -0.462 e. The number of rotatable bonds is 57. The van der Waals surface area contributed by atoms with E-state index in [9.17, 15) is 19.0 Å². The molecule has 3 N–H and O–H groups in total. The van der Waals surface area contributed by atoms with Crippen molar-refractivity contribution in [2.24, 2.45) is 5.73 Å². The molecule has 0 aliphatic carbocycles. The average molecular weight is 1010 g/mol. The summed E-state index contributed by atoms with van der Waals surface area (Å²) in [5, 5.41) is 0. The molecule has 0 amide bonds. The molecular weight excluding hydrogens is 894 g/mol. The summed E-state index contributed by atoms with van der Waals surface area (Å²) in [6.45, 7) is 3.77. The van der Waals surface area contributed by atoms with Crippen LogP contribution in [0.15, 0.2) is 36.5 Å². The van der Waals surface area contributed by atoms with Crippen molar-refractivity contribution in [3.8, 4) is 0 Å². The largest absolute Gasteiger partial charge is 0.472 e. The molecule has 0 rings (SSSR count). The van der Waals surface area contributed by atoms with Gasteiger partial charge in [-0.3, -0.25) is 18.6 Å². The highest BCUT2D eigenvalue weighted by Crippen LogP contribution is 2.43. The van der Waals surface area contributed by atoms with Crippen LogP contribution in [0.3, 0.4) is 0 Å². The van der Waals surface area contributed by atoms with Crippen molar-refractivity contribution in [3.05, 3.63) is 36.5 Å². The first-order chi connectivity index (χ1) is 34.3. The minimum atomic E-state index is -4.39. The van der Waals surface area contributed by atoms with Gasteiger partial charge in [0.2, 0.25) is 0 Å². The number of hydrogen-bond donors (Lipinski definition) is 2. The van der Waals surface area contributed by atoms with Crippen LogP contribution in [-0.2, 0) is 32.7 Å². The van der Waals surface area contributed by atoms with E-state index in [0.717, 1.165) is 70.6 Å². The number of hydrogen-bond acceptors (Lipinski definition) is 8. The highest BCUT2D eigenvalue weighted by molar-refractivity contribution is 7.47. The van der Waals surface area contributed by atoms with Crippen LogP contribution in [0, 0.1) is 0 Å². The summed E-state index contributed by atoms with van der Waals surface area (Å²) in [7, 11) is -4.39. The molecule has 0 radical (unpaired) electrons. The van der Waals surface area contributed by atoms with Crippen molar-refractivity contribution in [3.63, 3.8) is 0 Å². The number of phosphoric acid groups is 1. The van der Waals surface area contributed by atoms with E-state index in [4.69, 9.17) is 24.3 Å². The number of ether oxygens (including phenoxy) is 2. The highest BCUT2D eigenvalue weighted by atomic mass is 31.2. The Labute approximate surface area is 433 Å². The standard InChI is InChI=1S/C60H114NO8P/c1-3-5-7-9-11-13-15-17-19-21-23-25-26-27-28-29-30-31-33-34-36-38-40-42-44-46-48-50-52-59(62)66-56-58(57-68-70(64,65)67-55-54-61)69-60(63)53-51-49-47-45-43-41-39-37-35-32-24-22-20-18-16-14-12-10-8-6-4-2/h16,18,22,24,35,37,58H,3-15,17,19-21,23,25-34,36,38-57,61H2,1-2H3,(H,64,65)/b18-16-,24-22-,37-35-. The van der Waals surface area contributed by atoms with E-state index in [-0.39, 0.29) is 38.6 Å². The first kappa shape index (κ1) is 68.2. The zero-order valence-corrected chi connectivity index (χ0v) is 46.9. The molecule has 2 unspecified atom stereocenters. The Kier molecular flexibility index (Phi) is 55.1. The Hall–Kier alpha value is -1.77. The number of nitrogens with two attached hydrogens (primary N) is 1. The number of unbranched alkanes of at least 4 members (excludes halogenated alkanes) is 38. The van der Waals surface area contributed by atoms with Crippen LogP contribution >= 0.6 is 7.82 Å². The molecule has 0 aromatic carbocycles. The molecule has 10 heteroatoms. The molecule has 412 valence electrons. The maximum absolute atomic E-state index is 12.7. The van der Waals surface area contributed by atoms with Crippen molar-refractivity contribution in [2.45, 2.75) is 309 Å². The fourth-order valence-electron chi connectivity index (χ4n) is 8.82. The van der Waals surface area contributed by atoms with Crippen molar-refractivity contribution in [1.82, 2.24) is 0 Å². The van der Waals surface area contributed by atoms with Crippen LogP contribution in [0.25, 0.3) is 0 Å². The molecule has 0 aromatic heterocycles. The molecule has 0 heterocycles. The molecule has 9 nitrogen and oxygen atoms in total. The third kappa shape index (κ3) is 55.5. The average Bonchev–Trinajstić information content (AvgIpc) is 3.35. The van der Waals surface area contributed by atoms with Gasteiger partial charge in [0.1, 0.15) is 6.61 Å². The molecule has 0 spiro atoms. The second-order valence-electron chi connectivity index (χ2n) is 20.2. The smallest absolute Gasteiger partial charge is 0.462 e. The van der Waals surface area contributed by atoms with Crippen molar-refractivity contribution in [2.75, 3.05) is 26.4 Å². The third-order valence-electron chi connectivity index (χ3n) is 13.3. The maximum atomic E-state index is 12.7. The summed E-state index contributed by atoms with van der Waals surface area (Å²) in [4.78, 5) is 35.2. The van der Waals surface area contributed by atoms with E-state index >= 15 is 0 Å². The van der Waals surface area contributed by atoms with E-state index in [2.05, 4.69) is 50.3 Å². The van der Waals surface area contributed by atoms with Crippen LogP contribution in [0.4, 0.5) is 0 Å². The van der Waals surface area contributed by atoms with Crippen LogP contribution in [0.1, 0.15) is 303 Å². The van der Waals surface area contributed by atoms with Crippen molar-refractivity contribution < 1.29 is 37.6 Å². The lowest BCUT2D eigenvalue weighted by atomic mass is 10.0. The Bertz CT molecular complexity index is 1240. The van der Waals surface area contributed by atoms with Gasteiger partial charge in [-0.05, 0) is 51.4 Å². The monoisotopic (exact) mass is 1010 g/mol. The third-order valence-corrected chi connectivity index (χ3v) is 14.3. The van der Waals surface area contributed by atoms with Gasteiger partial charge >= 0.3 is 19.8 Å². The number of carbonyl (C=O) groups is 2. The molecule has 0 aromatic rings.